The largest absolute Gasteiger partial charge is 0.573 e. The molecule has 0 unspecified atom stereocenters. The van der Waals surface area contributed by atoms with Gasteiger partial charge in [0.1, 0.15) is 5.75 Å². The van der Waals surface area contributed by atoms with Crippen molar-refractivity contribution in [3.8, 4) is 5.75 Å². The van der Waals surface area contributed by atoms with E-state index in [1.165, 1.54) is 25.0 Å². The highest BCUT2D eigenvalue weighted by Gasteiger charge is 2.30. The molecule has 2 rings (SSSR count). The lowest BCUT2D eigenvalue weighted by molar-refractivity contribution is -0.274. The van der Waals surface area contributed by atoms with Crippen LogP contribution in [0.5, 0.6) is 5.75 Å². The van der Waals surface area contributed by atoms with E-state index in [1.807, 2.05) is 0 Å². The van der Waals surface area contributed by atoms with Crippen LogP contribution in [0.1, 0.15) is 12.8 Å². The predicted molar refractivity (Wildman–Crippen MR) is 54.3 cm³/mol. The second-order valence-corrected chi connectivity index (χ2v) is 3.90. The van der Waals surface area contributed by atoms with E-state index < -0.39 is 6.36 Å². The van der Waals surface area contributed by atoms with E-state index in [9.17, 15) is 13.2 Å². The number of ether oxygens (including phenoxy) is 1. The molecule has 1 saturated carbocycles. The molecule has 5 heteroatoms. The topological polar surface area (TPSA) is 21.3 Å². The monoisotopic (exact) mass is 231 g/mol. The van der Waals surface area contributed by atoms with Gasteiger partial charge in [-0.25, -0.2) is 0 Å². The fourth-order valence-electron chi connectivity index (χ4n) is 1.36. The molecule has 1 aliphatic carbocycles. The standard InChI is InChI=1S/C11H12F3NO/c12-11(13,14)16-10-5-3-9(4-6-10)15-7-8-1-2-8/h3-6,8,15H,1-2,7H2. The Kier molecular flexibility index (Phi) is 2.94. The molecule has 0 amide bonds. The van der Waals surface area contributed by atoms with Gasteiger partial charge in [0, 0.05) is 12.2 Å². The first-order valence-corrected chi connectivity index (χ1v) is 5.12. The van der Waals surface area contributed by atoms with Gasteiger partial charge in [-0.2, -0.15) is 0 Å². The van der Waals surface area contributed by atoms with E-state index in [-0.39, 0.29) is 5.75 Å². The summed E-state index contributed by atoms with van der Waals surface area (Å²) in [6.07, 6.45) is -2.15. The molecule has 1 aliphatic rings. The van der Waals surface area contributed by atoms with Gasteiger partial charge in [0.05, 0.1) is 0 Å². The maximum absolute atomic E-state index is 11.9. The van der Waals surface area contributed by atoms with Crippen LogP contribution in [0.15, 0.2) is 24.3 Å². The highest BCUT2D eigenvalue weighted by atomic mass is 19.4. The van der Waals surface area contributed by atoms with Crippen LogP contribution < -0.4 is 10.1 Å². The summed E-state index contributed by atoms with van der Waals surface area (Å²) < 4.78 is 39.4. The SMILES string of the molecule is FC(F)(F)Oc1ccc(NCC2CC2)cc1. The maximum atomic E-state index is 11.9. The number of anilines is 1. The minimum absolute atomic E-state index is 0.190. The summed E-state index contributed by atoms with van der Waals surface area (Å²) in [5.74, 6) is 0.538. The zero-order chi connectivity index (χ0) is 11.6. The van der Waals surface area contributed by atoms with Gasteiger partial charge in [-0.1, -0.05) is 0 Å². The van der Waals surface area contributed by atoms with Crippen molar-refractivity contribution in [3.05, 3.63) is 24.3 Å². The molecule has 1 aromatic carbocycles. The maximum Gasteiger partial charge on any atom is 0.573 e. The smallest absolute Gasteiger partial charge is 0.406 e. The Hall–Kier alpha value is -1.39. The summed E-state index contributed by atoms with van der Waals surface area (Å²) in [6, 6.07) is 5.79. The first-order chi connectivity index (χ1) is 7.53. The zero-order valence-corrected chi connectivity index (χ0v) is 8.55. The number of nitrogens with one attached hydrogen (secondary N) is 1. The van der Waals surface area contributed by atoms with Gasteiger partial charge in [-0.15, -0.1) is 13.2 Å². The summed E-state index contributed by atoms with van der Waals surface area (Å²) in [4.78, 5) is 0. The van der Waals surface area contributed by atoms with Crippen molar-refractivity contribution < 1.29 is 17.9 Å². The molecule has 1 aromatic rings. The average molecular weight is 231 g/mol. The second kappa shape index (κ2) is 4.23. The Bertz CT molecular complexity index is 343. The molecule has 1 fully saturated rings. The Morgan fingerprint density at radius 2 is 1.81 bits per heavy atom. The molecular weight excluding hydrogens is 219 g/mol. The van der Waals surface area contributed by atoms with Crippen molar-refractivity contribution in [3.63, 3.8) is 0 Å². The van der Waals surface area contributed by atoms with Gasteiger partial charge in [-0.3, -0.25) is 0 Å². The number of hydrogen-bond donors (Lipinski definition) is 1. The average Bonchev–Trinajstić information content (AvgIpc) is 2.98. The predicted octanol–water partition coefficient (Wildman–Crippen LogP) is 3.41. The molecule has 0 aromatic heterocycles. The van der Waals surface area contributed by atoms with Crippen LogP contribution >= 0.6 is 0 Å². The highest BCUT2D eigenvalue weighted by molar-refractivity contribution is 5.46. The fourth-order valence-corrected chi connectivity index (χ4v) is 1.36. The van der Waals surface area contributed by atoms with Gasteiger partial charge >= 0.3 is 6.36 Å². The van der Waals surface area contributed by atoms with Crippen LogP contribution in [0.25, 0.3) is 0 Å². The molecule has 1 N–H and O–H groups in total. The first kappa shape index (κ1) is 11.1. The fraction of sp³-hybridized carbons (Fsp3) is 0.455. The summed E-state index contributed by atoms with van der Waals surface area (Å²) >= 11 is 0. The third-order valence-electron chi connectivity index (χ3n) is 2.38. The van der Waals surface area contributed by atoms with E-state index in [0.29, 0.717) is 0 Å². The quantitative estimate of drug-likeness (QED) is 0.857. The van der Waals surface area contributed by atoms with Gasteiger partial charge in [0.2, 0.25) is 0 Å². The number of hydrogen-bond acceptors (Lipinski definition) is 2. The van der Waals surface area contributed by atoms with Crippen molar-refractivity contribution in [2.75, 3.05) is 11.9 Å². The molecular formula is C11H12F3NO. The van der Waals surface area contributed by atoms with Gasteiger partial charge < -0.3 is 10.1 Å². The summed E-state index contributed by atoms with van der Waals surface area (Å²) in [6.45, 7) is 0.888. The molecule has 0 aliphatic heterocycles. The van der Waals surface area contributed by atoms with Crippen LogP contribution in [-0.2, 0) is 0 Å². The van der Waals surface area contributed by atoms with Crippen LogP contribution in [0.2, 0.25) is 0 Å². The van der Waals surface area contributed by atoms with Crippen molar-refractivity contribution >= 4 is 5.69 Å². The van der Waals surface area contributed by atoms with Crippen molar-refractivity contribution in [2.24, 2.45) is 5.92 Å². The van der Waals surface area contributed by atoms with E-state index in [4.69, 9.17) is 0 Å². The molecule has 0 spiro atoms. The third kappa shape index (κ3) is 3.64. The third-order valence-corrected chi connectivity index (χ3v) is 2.38. The van der Waals surface area contributed by atoms with Gasteiger partial charge in [0.15, 0.2) is 0 Å². The summed E-state index contributed by atoms with van der Waals surface area (Å²) in [5, 5.41) is 3.16. The normalized spacial score (nSPS) is 15.9. The minimum atomic E-state index is -4.62. The Labute approximate surface area is 91.4 Å². The molecule has 0 heterocycles. The molecule has 0 radical (unpaired) electrons. The van der Waals surface area contributed by atoms with E-state index in [2.05, 4.69) is 10.1 Å². The summed E-state index contributed by atoms with van der Waals surface area (Å²) in [7, 11) is 0. The molecule has 2 nitrogen and oxygen atoms in total. The van der Waals surface area contributed by atoms with Crippen LogP contribution in [0.3, 0.4) is 0 Å². The lowest BCUT2D eigenvalue weighted by Gasteiger charge is -2.10. The Morgan fingerprint density at radius 3 is 2.31 bits per heavy atom. The number of alkyl halides is 3. The number of rotatable bonds is 4. The number of benzene rings is 1. The van der Waals surface area contributed by atoms with Crippen LogP contribution in [0, 0.1) is 5.92 Å². The molecule has 0 bridgehead atoms. The molecule has 16 heavy (non-hydrogen) atoms. The second-order valence-electron chi connectivity index (χ2n) is 3.90. The highest BCUT2D eigenvalue weighted by Crippen LogP contribution is 2.29. The van der Waals surface area contributed by atoms with Crippen LogP contribution in [-0.4, -0.2) is 12.9 Å². The Balaban J connectivity index is 1.87. The first-order valence-electron chi connectivity index (χ1n) is 5.12. The van der Waals surface area contributed by atoms with E-state index >= 15 is 0 Å². The molecule has 0 saturated heterocycles. The van der Waals surface area contributed by atoms with Gasteiger partial charge in [0.25, 0.3) is 0 Å². The summed E-state index contributed by atoms with van der Waals surface area (Å²) in [5.41, 5.74) is 0.821. The molecule has 0 atom stereocenters. The molecule has 88 valence electrons. The van der Waals surface area contributed by atoms with E-state index in [0.717, 1.165) is 18.2 Å². The van der Waals surface area contributed by atoms with Crippen molar-refractivity contribution in [1.82, 2.24) is 0 Å². The van der Waals surface area contributed by atoms with Crippen LogP contribution in [0.4, 0.5) is 18.9 Å². The lowest BCUT2D eigenvalue weighted by Crippen LogP contribution is -2.17. The minimum Gasteiger partial charge on any atom is -0.406 e. The van der Waals surface area contributed by atoms with Crippen molar-refractivity contribution in [1.29, 1.82) is 0 Å². The van der Waals surface area contributed by atoms with Gasteiger partial charge in [-0.05, 0) is 43.0 Å². The number of halogens is 3. The Morgan fingerprint density at radius 1 is 1.19 bits per heavy atom. The van der Waals surface area contributed by atoms with E-state index in [1.54, 1.807) is 12.1 Å². The zero-order valence-electron chi connectivity index (χ0n) is 8.55. The lowest BCUT2D eigenvalue weighted by atomic mass is 10.3. The van der Waals surface area contributed by atoms with Crippen molar-refractivity contribution in [2.45, 2.75) is 19.2 Å².